The van der Waals surface area contributed by atoms with E-state index in [0.717, 1.165) is 13.0 Å². The van der Waals surface area contributed by atoms with Gasteiger partial charge in [0.25, 0.3) is 5.91 Å². The average molecular weight is 440 g/mol. The van der Waals surface area contributed by atoms with Crippen molar-refractivity contribution in [2.24, 2.45) is 0 Å². The van der Waals surface area contributed by atoms with Gasteiger partial charge in [0.15, 0.2) is 11.5 Å². The van der Waals surface area contributed by atoms with Crippen LogP contribution < -0.4 is 19.5 Å². The third-order valence-corrected chi connectivity index (χ3v) is 4.94. The van der Waals surface area contributed by atoms with Crippen molar-refractivity contribution in [2.45, 2.75) is 12.5 Å². The number of fused-ring (bicyclic) bond motifs is 1. The molecule has 1 amide bonds. The smallest absolute Gasteiger partial charge is 0.269 e. The Balaban J connectivity index is 1.53. The molecule has 0 radical (unpaired) electrons. The zero-order valence-corrected chi connectivity index (χ0v) is 17.9. The topological polar surface area (TPSA) is 88.7 Å². The van der Waals surface area contributed by atoms with E-state index in [0.29, 0.717) is 35.0 Å². The Labute approximate surface area is 185 Å². The SMILES string of the molecule is CN(C)CCCOc1cc(-c2cn[nH]c2)c(F)cc1NC(=O)[C@@H]1COc2ccccc2O1. The number of carbonyl (C=O) groups excluding carboxylic acids is 1. The summed E-state index contributed by atoms with van der Waals surface area (Å²) < 4.78 is 32.1. The number of amides is 1. The predicted molar refractivity (Wildman–Crippen MR) is 118 cm³/mol. The van der Waals surface area contributed by atoms with Crippen LogP contribution in [0.25, 0.3) is 11.1 Å². The molecule has 0 fully saturated rings. The number of H-pyrrole nitrogens is 1. The lowest BCUT2D eigenvalue weighted by Crippen LogP contribution is -2.40. The van der Waals surface area contributed by atoms with Gasteiger partial charge in [-0.1, -0.05) is 12.1 Å². The van der Waals surface area contributed by atoms with Gasteiger partial charge in [-0.15, -0.1) is 0 Å². The molecule has 1 aromatic heterocycles. The highest BCUT2D eigenvalue weighted by Gasteiger charge is 2.28. The van der Waals surface area contributed by atoms with Crippen molar-refractivity contribution in [2.75, 3.05) is 39.2 Å². The van der Waals surface area contributed by atoms with E-state index in [1.807, 2.05) is 25.1 Å². The Bertz CT molecular complexity index is 1070. The summed E-state index contributed by atoms with van der Waals surface area (Å²) in [6, 6.07) is 9.94. The fourth-order valence-electron chi connectivity index (χ4n) is 3.31. The second-order valence-electron chi connectivity index (χ2n) is 7.67. The van der Waals surface area contributed by atoms with Gasteiger partial charge in [0.1, 0.15) is 18.2 Å². The number of ether oxygens (including phenoxy) is 3. The minimum Gasteiger partial charge on any atom is -0.491 e. The minimum atomic E-state index is -0.872. The van der Waals surface area contributed by atoms with Crippen LogP contribution in [-0.2, 0) is 4.79 Å². The third kappa shape index (κ3) is 5.00. The van der Waals surface area contributed by atoms with Crippen LogP contribution in [0, 0.1) is 5.82 Å². The van der Waals surface area contributed by atoms with Crippen LogP contribution in [0.3, 0.4) is 0 Å². The maximum Gasteiger partial charge on any atom is 0.269 e. The second kappa shape index (κ2) is 9.69. The molecule has 2 aromatic carbocycles. The van der Waals surface area contributed by atoms with E-state index in [4.69, 9.17) is 14.2 Å². The summed E-state index contributed by atoms with van der Waals surface area (Å²) in [5, 5.41) is 9.28. The molecule has 0 saturated heterocycles. The van der Waals surface area contributed by atoms with E-state index in [1.54, 1.807) is 30.5 Å². The number of halogens is 1. The summed E-state index contributed by atoms with van der Waals surface area (Å²) in [4.78, 5) is 14.9. The molecule has 0 unspecified atom stereocenters. The van der Waals surface area contributed by atoms with E-state index >= 15 is 0 Å². The molecular weight excluding hydrogens is 415 g/mol. The van der Waals surface area contributed by atoms with Crippen molar-refractivity contribution in [1.29, 1.82) is 0 Å². The number of aromatic nitrogens is 2. The first-order chi connectivity index (χ1) is 15.5. The number of anilines is 1. The molecule has 4 rings (SSSR count). The first-order valence-electron chi connectivity index (χ1n) is 10.3. The first-order valence-corrected chi connectivity index (χ1v) is 10.3. The van der Waals surface area contributed by atoms with E-state index in [2.05, 4.69) is 15.5 Å². The van der Waals surface area contributed by atoms with Gasteiger partial charge in [-0.2, -0.15) is 5.10 Å². The van der Waals surface area contributed by atoms with Crippen LogP contribution in [0.5, 0.6) is 17.2 Å². The quantitative estimate of drug-likeness (QED) is 0.523. The van der Waals surface area contributed by atoms with Crippen molar-refractivity contribution in [3.05, 3.63) is 54.6 Å². The number of benzene rings is 2. The standard InChI is InChI=1S/C23H25FN4O4/c1-28(2)8-5-9-30-21-10-16(15-12-25-26-13-15)17(24)11-18(21)27-23(29)22-14-31-19-6-3-4-7-20(19)32-22/h3-4,6-7,10-13,22H,5,8-9,14H2,1-2H3,(H,25,26)(H,27,29)/t22-/m0/s1. The molecule has 8 nitrogen and oxygen atoms in total. The number of rotatable bonds is 8. The van der Waals surface area contributed by atoms with Crippen molar-refractivity contribution in [1.82, 2.24) is 15.1 Å². The molecular formula is C23H25FN4O4. The largest absolute Gasteiger partial charge is 0.491 e. The summed E-state index contributed by atoms with van der Waals surface area (Å²) in [5.41, 5.74) is 1.14. The lowest BCUT2D eigenvalue weighted by Gasteiger charge is -2.26. The zero-order valence-electron chi connectivity index (χ0n) is 17.9. The molecule has 2 heterocycles. The van der Waals surface area contributed by atoms with Crippen molar-refractivity contribution < 1.29 is 23.4 Å². The number of hydrogen-bond donors (Lipinski definition) is 2. The first kappa shape index (κ1) is 21.6. The number of nitrogens with one attached hydrogen (secondary N) is 2. The molecule has 2 N–H and O–H groups in total. The van der Waals surface area contributed by atoms with E-state index in [9.17, 15) is 9.18 Å². The highest BCUT2D eigenvalue weighted by molar-refractivity contribution is 5.96. The van der Waals surface area contributed by atoms with Crippen LogP contribution in [0.15, 0.2) is 48.8 Å². The van der Waals surface area contributed by atoms with Gasteiger partial charge in [-0.05, 0) is 38.7 Å². The van der Waals surface area contributed by atoms with Gasteiger partial charge < -0.3 is 24.4 Å². The zero-order chi connectivity index (χ0) is 22.5. The lowest BCUT2D eigenvalue weighted by molar-refractivity contribution is -0.125. The van der Waals surface area contributed by atoms with Crippen LogP contribution in [0.2, 0.25) is 0 Å². The highest BCUT2D eigenvalue weighted by atomic mass is 19.1. The summed E-state index contributed by atoms with van der Waals surface area (Å²) in [7, 11) is 3.95. The summed E-state index contributed by atoms with van der Waals surface area (Å²) in [5.74, 6) is 0.478. The van der Waals surface area contributed by atoms with Crippen LogP contribution in [0.4, 0.5) is 10.1 Å². The van der Waals surface area contributed by atoms with Crippen molar-refractivity contribution in [3.63, 3.8) is 0 Å². The van der Waals surface area contributed by atoms with Crippen LogP contribution >= 0.6 is 0 Å². The maximum atomic E-state index is 14.9. The molecule has 1 aliphatic rings. The molecule has 3 aromatic rings. The number of carbonyl (C=O) groups is 1. The van der Waals surface area contributed by atoms with Crippen LogP contribution in [-0.4, -0.2) is 61.0 Å². The molecule has 0 spiro atoms. The van der Waals surface area contributed by atoms with Gasteiger partial charge in [-0.3, -0.25) is 9.89 Å². The van der Waals surface area contributed by atoms with Gasteiger partial charge in [0.05, 0.1) is 18.5 Å². The van der Waals surface area contributed by atoms with E-state index in [-0.39, 0.29) is 12.3 Å². The Kier molecular flexibility index (Phi) is 6.55. The molecule has 0 saturated carbocycles. The number of para-hydroxylation sites is 2. The normalized spacial score (nSPS) is 14.9. The Morgan fingerprint density at radius 1 is 1.31 bits per heavy atom. The second-order valence-corrected chi connectivity index (χ2v) is 7.67. The highest BCUT2D eigenvalue weighted by Crippen LogP contribution is 2.35. The fraction of sp³-hybridized carbons (Fsp3) is 0.304. The molecule has 1 aliphatic heterocycles. The molecule has 9 heteroatoms. The predicted octanol–water partition coefficient (Wildman–Crippen LogP) is 3.32. The molecule has 0 bridgehead atoms. The number of nitrogens with zero attached hydrogens (tertiary/aromatic N) is 2. The van der Waals surface area contributed by atoms with Gasteiger partial charge >= 0.3 is 0 Å². The summed E-state index contributed by atoms with van der Waals surface area (Å²) >= 11 is 0. The molecule has 0 aliphatic carbocycles. The Morgan fingerprint density at radius 3 is 2.88 bits per heavy atom. The summed E-state index contributed by atoms with van der Waals surface area (Å²) in [6.07, 6.45) is 3.02. The van der Waals surface area contributed by atoms with E-state index < -0.39 is 17.8 Å². The number of aromatic amines is 1. The Hall–Kier alpha value is -3.59. The summed E-state index contributed by atoms with van der Waals surface area (Å²) in [6.45, 7) is 1.30. The van der Waals surface area contributed by atoms with E-state index in [1.165, 1.54) is 12.3 Å². The number of hydrogen-bond acceptors (Lipinski definition) is 6. The minimum absolute atomic E-state index is 0.0530. The van der Waals surface area contributed by atoms with Crippen LogP contribution in [0.1, 0.15) is 6.42 Å². The average Bonchev–Trinajstić information content (AvgIpc) is 3.32. The van der Waals surface area contributed by atoms with Gasteiger partial charge in [-0.25, -0.2) is 4.39 Å². The van der Waals surface area contributed by atoms with Gasteiger partial charge in [0.2, 0.25) is 6.10 Å². The molecule has 32 heavy (non-hydrogen) atoms. The third-order valence-electron chi connectivity index (χ3n) is 4.94. The van der Waals surface area contributed by atoms with Crippen molar-refractivity contribution in [3.8, 4) is 28.4 Å². The monoisotopic (exact) mass is 440 g/mol. The van der Waals surface area contributed by atoms with Gasteiger partial charge in [0, 0.05) is 29.9 Å². The Morgan fingerprint density at radius 2 is 2.12 bits per heavy atom. The fourth-order valence-corrected chi connectivity index (χ4v) is 3.31. The maximum absolute atomic E-state index is 14.9. The molecule has 168 valence electrons. The lowest BCUT2D eigenvalue weighted by atomic mass is 10.1. The van der Waals surface area contributed by atoms with Crippen molar-refractivity contribution >= 4 is 11.6 Å². The molecule has 1 atom stereocenters.